The molecule has 0 spiro atoms. The minimum Gasteiger partial charge on any atom is -0.457 e. The Hall–Kier alpha value is -2.87. The third-order valence-electron chi connectivity index (χ3n) is 3.98. The van der Waals surface area contributed by atoms with Crippen LogP contribution in [-0.2, 0) is 4.79 Å². The monoisotopic (exact) mass is 399 g/mol. The summed E-state index contributed by atoms with van der Waals surface area (Å²) in [6, 6.07) is 9.79. The number of carbonyl (C=O) groups excluding carboxylic acids is 1. The van der Waals surface area contributed by atoms with Crippen LogP contribution in [0.1, 0.15) is 33.5 Å². The van der Waals surface area contributed by atoms with Crippen molar-refractivity contribution < 1.29 is 14.1 Å². The molecule has 2 heterocycles. The van der Waals surface area contributed by atoms with Crippen LogP contribution in [0.3, 0.4) is 0 Å². The maximum absolute atomic E-state index is 12.8. The van der Waals surface area contributed by atoms with Gasteiger partial charge in [-0.15, -0.1) is 0 Å². The largest absolute Gasteiger partial charge is 0.457 e. The topological polar surface area (TPSA) is 89.0 Å². The summed E-state index contributed by atoms with van der Waals surface area (Å²) in [7, 11) is 0. The zero-order valence-corrected chi connectivity index (χ0v) is 16.9. The lowest BCUT2D eigenvalue weighted by atomic mass is 10.1. The molecule has 0 bridgehead atoms. The van der Waals surface area contributed by atoms with Crippen LogP contribution in [0.4, 0.5) is 5.69 Å². The number of furan rings is 1. The van der Waals surface area contributed by atoms with Crippen LogP contribution in [0, 0.1) is 10.1 Å². The van der Waals surface area contributed by atoms with E-state index in [1.54, 1.807) is 35.2 Å². The summed E-state index contributed by atoms with van der Waals surface area (Å²) in [6.07, 6.45) is 1.71. The maximum atomic E-state index is 12.8. The number of nitrogens with zero attached hydrogens (tertiary/aromatic N) is 3. The Kier molecular flexibility index (Phi) is 5.69. The Labute approximate surface area is 167 Å². The Morgan fingerprint density at radius 1 is 1.14 bits per heavy atom. The van der Waals surface area contributed by atoms with Gasteiger partial charge in [0.1, 0.15) is 11.5 Å². The van der Waals surface area contributed by atoms with Crippen molar-refractivity contribution in [2.24, 2.45) is 4.99 Å². The minimum atomic E-state index is -0.443. The van der Waals surface area contributed by atoms with Gasteiger partial charge in [-0.25, -0.2) is 0 Å². The molecule has 0 radical (unpaired) electrons. The van der Waals surface area contributed by atoms with Crippen LogP contribution in [0.5, 0.6) is 0 Å². The zero-order valence-electron chi connectivity index (χ0n) is 16.1. The van der Waals surface area contributed by atoms with Crippen LogP contribution >= 0.6 is 11.8 Å². The molecule has 3 rings (SSSR count). The fourth-order valence-corrected chi connectivity index (χ4v) is 3.93. The molecule has 8 heteroatoms. The van der Waals surface area contributed by atoms with E-state index in [-0.39, 0.29) is 23.7 Å². The first-order valence-corrected chi connectivity index (χ1v) is 9.73. The summed E-state index contributed by atoms with van der Waals surface area (Å²) in [5.41, 5.74) is 0.753. The molecule has 1 aromatic carbocycles. The summed E-state index contributed by atoms with van der Waals surface area (Å²) >= 11 is 1.34. The van der Waals surface area contributed by atoms with E-state index >= 15 is 0 Å². The summed E-state index contributed by atoms with van der Waals surface area (Å²) in [4.78, 5) is 29.9. The molecule has 146 valence electrons. The molecule has 7 nitrogen and oxygen atoms in total. The highest BCUT2D eigenvalue weighted by Gasteiger charge is 2.35. The smallest absolute Gasteiger partial charge is 0.269 e. The van der Waals surface area contributed by atoms with Gasteiger partial charge in [-0.05, 0) is 63.7 Å². The highest BCUT2D eigenvalue weighted by molar-refractivity contribution is 8.18. The third-order valence-corrected chi connectivity index (χ3v) is 4.98. The standard InChI is InChI=1S/C20H21N3O4S/c1-12(2)21-20-22(13(3)4)19(24)18(28-20)11-16-9-10-17(27-16)14-5-7-15(8-6-14)23(25)26/h5-13H,1-4H3/b18-11-,21-20?. The molecule has 0 atom stereocenters. The van der Waals surface area contributed by atoms with Gasteiger partial charge in [-0.1, -0.05) is 0 Å². The molecule has 1 fully saturated rings. The van der Waals surface area contributed by atoms with Crippen molar-refractivity contribution >= 4 is 34.6 Å². The first-order chi connectivity index (χ1) is 13.3. The van der Waals surface area contributed by atoms with Crippen molar-refractivity contribution in [3.05, 3.63) is 57.2 Å². The van der Waals surface area contributed by atoms with Gasteiger partial charge in [0, 0.05) is 35.9 Å². The van der Waals surface area contributed by atoms with E-state index in [1.165, 1.54) is 23.9 Å². The van der Waals surface area contributed by atoms with Gasteiger partial charge in [-0.3, -0.25) is 24.8 Å². The number of benzene rings is 1. The van der Waals surface area contributed by atoms with Gasteiger partial charge in [-0.2, -0.15) is 0 Å². The summed E-state index contributed by atoms with van der Waals surface area (Å²) < 4.78 is 5.82. The summed E-state index contributed by atoms with van der Waals surface area (Å²) in [6.45, 7) is 7.86. The van der Waals surface area contributed by atoms with E-state index < -0.39 is 4.92 Å². The molecule has 2 aromatic rings. The molecular formula is C20H21N3O4S. The van der Waals surface area contributed by atoms with Gasteiger partial charge in [0.15, 0.2) is 5.17 Å². The third kappa shape index (κ3) is 4.17. The molecule has 28 heavy (non-hydrogen) atoms. The molecule has 0 unspecified atom stereocenters. The van der Waals surface area contributed by atoms with Gasteiger partial charge in [0.2, 0.25) is 0 Å². The number of aliphatic imine (C=N–C) groups is 1. The molecule has 1 amide bonds. The fourth-order valence-electron chi connectivity index (χ4n) is 2.71. The second-order valence-corrected chi connectivity index (χ2v) is 7.90. The fraction of sp³-hybridized carbons (Fsp3) is 0.300. The Morgan fingerprint density at radius 2 is 1.82 bits per heavy atom. The van der Waals surface area contributed by atoms with Crippen molar-refractivity contribution in [2.45, 2.75) is 39.8 Å². The number of thioether (sulfide) groups is 1. The zero-order chi connectivity index (χ0) is 20.4. The van der Waals surface area contributed by atoms with Crippen molar-refractivity contribution in [1.82, 2.24) is 4.90 Å². The summed E-state index contributed by atoms with van der Waals surface area (Å²) in [5, 5.41) is 11.5. The summed E-state index contributed by atoms with van der Waals surface area (Å²) in [5.74, 6) is 1.03. The highest BCUT2D eigenvalue weighted by atomic mass is 32.2. The normalized spacial score (nSPS) is 17.5. The van der Waals surface area contributed by atoms with Gasteiger partial charge in [0.25, 0.3) is 11.6 Å². The average molecular weight is 399 g/mol. The van der Waals surface area contributed by atoms with Gasteiger partial charge >= 0.3 is 0 Å². The second kappa shape index (κ2) is 8.02. The van der Waals surface area contributed by atoms with Crippen LogP contribution < -0.4 is 0 Å². The Bertz CT molecular complexity index is 958. The molecule has 0 N–H and O–H groups in total. The number of amidine groups is 1. The highest BCUT2D eigenvalue weighted by Crippen LogP contribution is 2.35. The van der Waals surface area contributed by atoms with Crippen LogP contribution in [0.25, 0.3) is 17.4 Å². The maximum Gasteiger partial charge on any atom is 0.269 e. The molecule has 0 saturated carbocycles. The van der Waals surface area contributed by atoms with Gasteiger partial charge < -0.3 is 4.42 Å². The lowest BCUT2D eigenvalue weighted by Crippen LogP contribution is -2.35. The quantitative estimate of drug-likeness (QED) is 0.403. The number of nitro benzene ring substituents is 1. The Balaban J connectivity index is 1.86. The number of carbonyl (C=O) groups is 1. The number of hydrogen-bond acceptors (Lipinski definition) is 6. The first-order valence-electron chi connectivity index (χ1n) is 8.92. The first kappa shape index (κ1) is 19.9. The molecule has 1 aliphatic rings. The molecule has 0 aliphatic carbocycles. The Morgan fingerprint density at radius 3 is 2.39 bits per heavy atom. The number of amides is 1. The SMILES string of the molecule is CC(C)N=C1S/C(=C\c2ccc(-c3ccc([N+](=O)[O-])cc3)o2)C(=O)N1C(C)C. The second-order valence-electron chi connectivity index (χ2n) is 6.89. The predicted molar refractivity (Wildman–Crippen MR) is 111 cm³/mol. The van der Waals surface area contributed by atoms with Crippen LogP contribution in [0.2, 0.25) is 0 Å². The number of hydrogen-bond donors (Lipinski definition) is 0. The molecular weight excluding hydrogens is 378 g/mol. The van der Waals surface area contributed by atoms with Crippen LogP contribution in [0.15, 0.2) is 50.7 Å². The van der Waals surface area contributed by atoms with Gasteiger partial charge in [0.05, 0.1) is 9.83 Å². The molecule has 1 aliphatic heterocycles. The van der Waals surface area contributed by atoms with E-state index in [2.05, 4.69) is 4.99 Å². The molecule has 1 aromatic heterocycles. The van der Waals surface area contributed by atoms with E-state index in [1.807, 2.05) is 27.7 Å². The van der Waals surface area contributed by atoms with E-state index in [0.29, 0.717) is 21.6 Å². The van der Waals surface area contributed by atoms with E-state index in [4.69, 9.17) is 4.42 Å². The van der Waals surface area contributed by atoms with E-state index in [9.17, 15) is 14.9 Å². The van der Waals surface area contributed by atoms with Crippen molar-refractivity contribution in [1.29, 1.82) is 0 Å². The number of non-ortho nitro benzene ring substituents is 1. The number of nitro groups is 1. The number of rotatable bonds is 5. The van der Waals surface area contributed by atoms with Crippen molar-refractivity contribution in [3.8, 4) is 11.3 Å². The molecule has 1 saturated heterocycles. The lowest BCUT2D eigenvalue weighted by Gasteiger charge is -2.20. The van der Waals surface area contributed by atoms with E-state index in [0.717, 1.165) is 5.56 Å². The van der Waals surface area contributed by atoms with Crippen molar-refractivity contribution in [2.75, 3.05) is 0 Å². The minimum absolute atomic E-state index is 0.00988. The average Bonchev–Trinajstić information content (AvgIpc) is 3.20. The predicted octanol–water partition coefficient (Wildman–Crippen LogP) is 4.94. The lowest BCUT2D eigenvalue weighted by molar-refractivity contribution is -0.384. The van der Waals surface area contributed by atoms with Crippen LogP contribution in [-0.4, -0.2) is 33.0 Å². The van der Waals surface area contributed by atoms with Crippen molar-refractivity contribution in [3.63, 3.8) is 0 Å².